The van der Waals surface area contributed by atoms with Crippen LogP contribution in [0.25, 0.3) is 101 Å². The molecule has 3 aliphatic rings. The van der Waals surface area contributed by atoms with Gasteiger partial charge in [0.1, 0.15) is 17.5 Å². The lowest BCUT2D eigenvalue weighted by molar-refractivity contribution is -0.0765. The molecule has 15 rings (SSSR count). The Labute approximate surface area is 586 Å². The number of anilines is 3. The van der Waals surface area contributed by atoms with Crippen LogP contribution in [0.15, 0.2) is 166 Å². The minimum atomic E-state index is -0.870. The first-order valence-electron chi connectivity index (χ1n) is 33.9. The summed E-state index contributed by atoms with van der Waals surface area (Å²) in [7, 11) is 11.4. The van der Waals surface area contributed by atoms with Crippen LogP contribution in [-0.2, 0) is 42.3 Å². The molecule has 101 heavy (non-hydrogen) atoms. The molecule has 9 N–H and O–H groups in total. The predicted octanol–water partition coefficient (Wildman–Crippen LogP) is 7.90. The van der Waals surface area contributed by atoms with Crippen LogP contribution >= 0.6 is 0 Å². The van der Waals surface area contributed by atoms with Crippen molar-refractivity contribution in [1.82, 2.24) is 105 Å². The number of β-amino-alcohol motifs (C(OH)–C–C–N with tert-alkyl or cyclic N) is 1. The molecule has 3 aromatic carbocycles. The molecule has 0 radical (unpaired) electrons. The van der Waals surface area contributed by atoms with Crippen molar-refractivity contribution in [3.63, 3.8) is 0 Å². The number of piperidine rings is 2. The Morgan fingerprint density at radius 3 is 1.18 bits per heavy atom. The Hall–Kier alpha value is -10.7. The molecule has 4 atom stereocenters. The lowest BCUT2D eigenvalue weighted by Crippen LogP contribution is -2.59. The number of aliphatic hydroxyl groups is 3. The number of nitrogens with one attached hydrogen (secondary N) is 6. The molecular formula is C74H88N24O3. The molecular weight excluding hydrogens is 1270 g/mol. The second kappa shape index (κ2) is 28.9. The molecule has 3 aliphatic heterocycles. The van der Waals surface area contributed by atoms with Crippen LogP contribution in [-0.4, -0.2) is 180 Å². The SMILES string of the molecule is Cn1cc(-c2cccc(-c3ncc(-c4ccn(C)n4)c(NCC4(O)CCNCC4(C)C)n3)c2)cn1.Cn1cc(-c2cccc(-c3ncc(-c4cnn(C)c4)c(NCC4(O)CCNCC4(C)C)n3)c2)cn1.Cn1cc(-c2cccc(-c3ncc(-c4cnn(C)c4)c(N[C@@H]4CNC[C@H]4O)n3)c2)cn1. The summed E-state index contributed by atoms with van der Waals surface area (Å²) in [6.45, 7) is 13.5. The van der Waals surface area contributed by atoms with Gasteiger partial charge in [-0.2, -0.15) is 30.6 Å². The summed E-state index contributed by atoms with van der Waals surface area (Å²) in [6.07, 6.45) is 27.1. The maximum absolute atomic E-state index is 11.5. The zero-order valence-electron chi connectivity index (χ0n) is 58.7. The lowest BCUT2D eigenvalue weighted by atomic mass is 9.70. The third-order valence-corrected chi connectivity index (χ3v) is 19.5. The molecule has 12 heterocycles. The molecule has 0 saturated carbocycles. The molecule has 2 unspecified atom stereocenters. The van der Waals surface area contributed by atoms with E-state index in [0.717, 1.165) is 110 Å². The van der Waals surface area contributed by atoms with Crippen LogP contribution in [0.5, 0.6) is 0 Å². The Balaban J connectivity index is 0.000000136. The second-order valence-corrected chi connectivity index (χ2v) is 27.9. The molecule has 0 amide bonds. The van der Waals surface area contributed by atoms with E-state index in [1.54, 1.807) is 46.7 Å². The van der Waals surface area contributed by atoms with Crippen LogP contribution < -0.4 is 31.9 Å². The van der Waals surface area contributed by atoms with Crippen molar-refractivity contribution >= 4 is 17.5 Å². The zero-order valence-corrected chi connectivity index (χ0v) is 58.7. The summed E-state index contributed by atoms with van der Waals surface area (Å²) in [6, 6.07) is 26.2. The Kier molecular flexibility index (Phi) is 19.7. The minimum absolute atomic E-state index is 0.125. The van der Waals surface area contributed by atoms with E-state index in [4.69, 9.17) is 19.9 Å². The largest absolute Gasteiger partial charge is 0.390 e. The molecule has 3 fully saturated rings. The molecule has 12 aromatic rings. The van der Waals surface area contributed by atoms with Crippen LogP contribution in [0.1, 0.15) is 40.5 Å². The number of hydrogen-bond donors (Lipinski definition) is 9. The Bertz CT molecular complexity index is 4640. The molecule has 522 valence electrons. The van der Waals surface area contributed by atoms with Crippen molar-refractivity contribution in [1.29, 1.82) is 0 Å². The fraction of sp³-hybridized carbons (Fsp3) is 0.351. The average Bonchev–Trinajstić information content (AvgIpc) is 1.80. The number of aryl methyl sites for hydroxylation is 6. The van der Waals surface area contributed by atoms with E-state index < -0.39 is 17.3 Å². The fourth-order valence-electron chi connectivity index (χ4n) is 13.0. The van der Waals surface area contributed by atoms with Crippen LogP contribution in [0, 0.1) is 10.8 Å². The number of hydrogen-bond acceptors (Lipinski definition) is 21. The van der Waals surface area contributed by atoms with Gasteiger partial charge in [-0.25, -0.2) is 29.9 Å². The highest BCUT2D eigenvalue weighted by Gasteiger charge is 2.46. The van der Waals surface area contributed by atoms with E-state index in [1.165, 1.54) is 0 Å². The first kappa shape index (κ1) is 68.8. The first-order valence-corrected chi connectivity index (χ1v) is 33.9. The maximum atomic E-state index is 11.5. The van der Waals surface area contributed by atoms with Crippen LogP contribution in [0.2, 0.25) is 0 Å². The summed E-state index contributed by atoms with van der Waals surface area (Å²) in [4.78, 5) is 28.7. The quantitative estimate of drug-likeness (QED) is 0.0418. The highest BCUT2D eigenvalue weighted by Crippen LogP contribution is 2.40. The van der Waals surface area contributed by atoms with Crippen molar-refractivity contribution in [3.05, 3.63) is 166 Å². The molecule has 0 aliphatic carbocycles. The van der Waals surface area contributed by atoms with Crippen molar-refractivity contribution in [3.8, 4) is 101 Å². The van der Waals surface area contributed by atoms with Crippen LogP contribution in [0.3, 0.4) is 0 Å². The molecule has 0 spiro atoms. The van der Waals surface area contributed by atoms with Crippen molar-refractivity contribution in [2.24, 2.45) is 53.1 Å². The zero-order chi connectivity index (χ0) is 70.6. The van der Waals surface area contributed by atoms with E-state index in [1.807, 2.05) is 159 Å². The molecule has 9 aromatic heterocycles. The highest BCUT2D eigenvalue weighted by molar-refractivity contribution is 5.80. The maximum Gasteiger partial charge on any atom is 0.161 e. The normalized spacial score (nSPS) is 19.2. The predicted molar refractivity (Wildman–Crippen MR) is 391 cm³/mol. The summed E-state index contributed by atoms with van der Waals surface area (Å²) in [5.74, 6) is 3.84. The van der Waals surface area contributed by atoms with Gasteiger partial charge in [0.2, 0.25) is 0 Å². The van der Waals surface area contributed by atoms with E-state index >= 15 is 0 Å². The van der Waals surface area contributed by atoms with Gasteiger partial charge in [-0.1, -0.05) is 82.3 Å². The van der Waals surface area contributed by atoms with Gasteiger partial charge in [0.05, 0.1) is 65.6 Å². The number of aromatic nitrogens is 18. The average molecular weight is 1360 g/mol. The third kappa shape index (κ3) is 15.4. The Morgan fingerprint density at radius 2 is 0.812 bits per heavy atom. The lowest BCUT2D eigenvalue weighted by Gasteiger charge is -2.46. The van der Waals surface area contributed by atoms with Crippen molar-refractivity contribution in [2.45, 2.75) is 63.9 Å². The van der Waals surface area contributed by atoms with Gasteiger partial charge in [0, 0.05) is 204 Å². The second-order valence-electron chi connectivity index (χ2n) is 27.9. The van der Waals surface area contributed by atoms with Gasteiger partial charge in [-0.15, -0.1) is 0 Å². The summed E-state index contributed by atoms with van der Waals surface area (Å²) >= 11 is 0. The van der Waals surface area contributed by atoms with E-state index in [-0.39, 0.29) is 16.9 Å². The van der Waals surface area contributed by atoms with Gasteiger partial charge in [0.15, 0.2) is 17.5 Å². The summed E-state index contributed by atoms with van der Waals surface area (Å²) in [5, 5.41) is 79.6. The third-order valence-electron chi connectivity index (χ3n) is 19.5. The minimum Gasteiger partial charge on any atom is -0.390 e. The van der Waals surface area contributed by atoms with E-state index in [0.29, 0.717) is 73.9 Å². The van der Waals surface area contributed by atoms with E-state index in [9.17, 15) is 15.3 Å². The first-order chi connectivity index (χ1) is 48.5. The molecule has 0 bridgehead atoms. The fourth-order valence-corrected chi connectivity index (χ4v) is 13.0. The standard InChI is InChI=1S/2C26H32N8O.C22H24N8O/c1-25(2)16-27-10-9-26(25,35)17-29-24-21(22-8-11-33(3)32-22)14-28-23(31-24)19-7-5-6-18(12-19)20-13-30-34(4)15-20;1-25(2)16-27-9-8-26(25,35)17-29-24-22(21-12-31-34(4)15-21)13-28-23(32-24)19-7-5-6-18(10-19)20-11-30-33(3)14-20;1-29-12-16(7-25-29)14-4-3-5-15(6-14)21-24-9-18(17-8-26-30(2)13-17)22(28-21)27-19-10-23-11-20(19)31/h5-8,11-15,27,35H,9-10,16-17H2,1-4H3,(H,28,29,31);5-7,10-15,27,35H,8-9,16-17H2,1-4H3,(H,28,29,32);3-9,12-13,19-20,23,31H,10-11H2,1-2H3,(H,24,27,28)/t;;19-,20-/m..1/s1. The van der Waals surface area contributed by atoms with E-state index in [2.05, 4.69) is 130 Å². The number of rotatable bonds is 17. The summed E-state index contributed by atoms with van der Waals surface area (Å²) in [5.41, 5.74) is 11.8. The summed E-state index contributed by atoms with van der Waals surface area (Å²) < 4.78 is 10.6. The van der Waals surface area contributed by atoms with Gasteiger partial charge in [0.25, 0.3) is 0 Å². The number of aliphatic hydroxyl groups excluding tert-OH is 1. The number of benzene rings is 3. The smallest absolute Gasteiger partial charge is 0.161 e. The van der Waals surface area contributed by atoms with Gasteiger partial charge in [-0.05, 0) is 66.9 Å². The molecule has 3 saturated heterocycles. The van der Waals surface area contributed by atoms with Crippen molar-refractivity contribution < 1.29 is 15.3 Å². The van der Waals surface area contributed by atoms with Gasteiger partial charge < -0.3 is 47.2 Å². The highest BCUT2D eigenvalue weighted by atomic mass is 16.3. The molecule has 27 heteroatoms. The molecule has 27 nitrogen and oxygen atoms in total. The topological polar surface area (TPSA) is 317 Å². The van der Waals surface area contributed by atoms with Crippen molar-refractivity contribution in [2.75, 3.05) is 68.3 Å². The van der Waals surface area contributed by atoms with Crippen LogP contribution in [0.4, 0.5) is 17.5 Å². The van der Waals surface area contributed by atoms with Gasteiger partial charge >= 0.3 is 0 Å². The monoisotopic (exact) mass is 1360 g/mol. The van der Waals surface area contributed by atoms with Gasteiger partial charge in [-0.3, -0.25) is 28.1 Å². The number of nitrogens with zero attached hydrogens (tertiary/aromatic N) is 18. The Morgan fingerprint density at radius 1 is 0.436 bits per heavy atom.